The van der Waals surface area contributed by atoms with Crippen molar-refractivity contribution in [3.63, 3.8) is 0 Å². The second kappa shape index (κ2) is 6.25. The van der Waals surface area contributed by atoms with E-state index >= 15 is 0 Å². The predicted molar refractivity (Wildman–Crippen MR) is 72.4 cm³/mol. The van der Waals surface area contributed by atoms with Crippen LogP contribution in [0.3, 0.4) is 0 Å². The van der Waals surface area contributed by atoms with Crippen molar-refractivity contribution in [2.75, 3.05) is 11.5 Å². The van der Waals surface area contributed by atoms with Gasteiger partial charge in [-0.3, -0.25) is 4.79 Å². The van der Waals surface area contributed by atoms with Crippen LogP contribution in [0.5, 0.6) is 0 Å². The monoisotopic (exact) mass is 299 g/mol. The lowest BCUT2D eigenvalue weighted by molar-refractivity contribution is -0.146. The number of hydrogen-bond acceptors (Lipinski definition) is 6. The zero-order chi connectivity index (χ0) is 14.6. The molecule has 2 rings (SSSR count). The van der Waals surface area contributed by atoms with Crippen LogP contribution in [0.2, 0.25) is 0 Å². The molecule has 1 aromatic rings. The van der Waals surface area contributed by atoms with Crippen LogP contribution in [0, 0.1) is 6.92 Å². The molecule has 2 N–H and O–H groups in total. The summed E-state index contributed by atoms with van der Waals surface area (Å²) in [6, 6.07) is 0. The molecule has 1 atom stereocenters. The van der Waals surface area contributed by atoms with Gasteiger partial charge in [0.05, 0.1) is 0 Å². The molecule has 1 aliphatic rings. The molecule has 0 aliphatic carbocycles. The predicted octanol–water partition coefficient (Wildman–Crippen LogP) is 0.777. The maximum Gasteiger partial charge on any atom is 0.330 e. The number of carboxylic acid groups (broad SMARTS) is 1. The summed E-state index contributed by atoms with van der Waals surface area (Å²) in [5.74, 6) is 1.05. The highest BCUT2D eigenvalue weighted by Gasteiger charge is 2.43. The Morgan fingerprint density at radius 1 is 1.55 bits per heavy atom. The van der Waals surface area contributed by atoms with E-state index in [1.807, 2.05) is 0 Å². The number of nitrogens with zero attached hydrogens (tertiary/aromatic N) is 2. The average Bonchev–Trinajstić information content (AvgIpc) is 2.99. The quantitative estimate of drug-likeness (QED) is 0.799. The van der Waals surface area contributed by atoms with Gasteiger partial charge in [0.25, 0.3) is 0 Å². The third-order valence-corrected chi connectivity index (χ3v) is 4.36. The van der Waals surface area contributed by atoms with Gasteiger partial charge in [-0.2, -0.15) is 16.7 Å². The van der Waals surface area contributed by atoms with Crippen LogP contribution < -0.4 is 5.32 Å². The molecule has 1 saturated heterocycles. The van der Waals surface area contributed by atoms with Crippen LogP contribution in [0.1, 0.15) is 31.0 Å². The van der Waals surface area contributed by atoms with Gasteiger partial charge in [0.2, 0.25) is 11.8 Å². The molecule has 1 amide bonds. The average molecular weight is 299 g/mol. The second-order valence-electron chi connectivity index (χ2n) is 4.83. The molecule has 0 saturated carbocycles. The molecular weight excluding hydrogens is 282 g/mol. The van der Waals surface area contributed by atoms with Crippen LogP contribution in [0.15, 0.2) is 4.52 Å². The molecule has 7 nitrogen and oxygen atoms in total. The number of carbonyl (C=O) groups excluding carboxylic acids is 1. The summed E-state index contributed by atoms with van der Waals surface area (Å²) in [6.07, 6.45) is 1.79. The number of aliphatic carboxylic acids is 1. The lowest BCUT2D eigenvalue weighted by Gasteiger charge is -2.24. The van der Waals surface area contributed by atoms with E-state index in [0.717, 1.165) is 5.75 Å². The Morgan fingerprint density at radius 3 is 2.90 bits per heavy atom. The molecule has 2 heterocycles. The van der Waals surface area contributed by atoms with E-state index in [4.69, 9.17) is 4.52 Å². The third-order valence-electron chi connectivity index (χ3n) is 3.17. The minimum absolute atomic E-state index is 0.244. The number of nitrogens with one attached hydrogen (secondary N) is 1. The second-order valence-corrected chi connectivity index (χ2v) is 5.93. The van der Waals surface area contributed by atoms with Gasteiger partial charge in [-0.05, 0) is 25.5 Å². The first-order valence-electron chi connectivity index (χ1n) is 6.43. The first-order chi connectivity index (χ1) is 9.52. The summed E-state index contributed by atoms with van der Waals surface area (Å²) in [7, 11) is 0. The normalized spacial score (nSPS) is 21.9. The lowest BCUT2D eigenvalue weighted by Crippen LogP contribution is -2.54. The van der Waals surface area contributed by atoms with Crippen molar-refractivity contribution in [2.24, 2.45) is 0 Å². The zero-order valence-electron chi connectivity index (χ0n) is 11.2. The zero-order valence-corrected chi connectivity index (χ0v) is 12.0. The number of aromatic nitrogens is 2. The molecule has 0 radical (unpaired) electrons. The minimum atomic E-state index is -1.09. The number of thioether (sulfide) groups is 1. The summed E-state index contributed by atoms with van der Waals surface area (Å²) >= 11 is 1.55. The standard InChI is InChI=1S/C12H17N3O4S/c1-8-13-10(19-15-8)4-2-3-9(16)14-12(11(17)18)5-6-20-7-12/h2-7H2,1H3,(H,14,16)(H,17,18). The van der Waals surface area contributed by atoms with Crippen molar-refractivity contribution >= 4 is 23.6 Å². The first-order valence-corrected chi connectivity index (χ1v) is 7.59. The van der Waals surface area contributed by atoms with Crippen molar-refractivity contribution in [3.05, 3.63) is 11.7 Å². The Hall–Kier alpha value is -1.57. The van der Waals surface area contributed by atoms with E-state index in [2.05, 4.69) is 15.5 Å². The summed E-state index contributed by atoms with van der Waals surface area (Å²) in [5.41, 5.74) is -1.09. The van der Waals surface area contributed by atoms with Gasteiger partial charge in [0.1, 0.15) is 5.54 Å². The Labute approximate surface area is 120 Å². The molecular formula is C12H17N3O4S. The van der Waals surface area contributed by atoms with Gasteiger partial charge < -0.3 is 14.9 Å². The molecule has 1 unspecified atom stereocenters. The molecule has 1 fully saturated rings. The highest BCUT2D eigenvalue weighted by Crippen LogP contribution is 2.28. The number of aryl methyl sites for hydroxylation is 2. The Morgan fingerprint density at radius 2 is 2.35 bits per heavy atom. The van der Waals surface area contributed by atoms with Gasteiger partial charge in [0.15, 0.2) is 5.82 Å². The van der Waals surface area contributed by atoms with Gasteiger partial charge in [0, 0.05) is 18.6 Å². The van der Waals surface area contributed by atoms with E-state index in [1.165, 1.54) is 0 Å². The molecule has 110 valence electrons. The molecule has 20 heavy (non-hydrogen) atoms. The van der Waals surface area contributed by atoms with E-state index in [-0.39, 0.29) is 12.3 Å². The maximum atomic E-state index is 11.9. The fourth-order valence-corrected chi connectivity index (χ4v) is 3.38. The fourth-order valence-electron chi connectivity index (χ4n) is 2.06. The Kier molecular flexibility index (Phi) is 4.64. The third kappa shape index (κ3) is 3.50. The van der Waals surface area contributed by atoms with Crippen LogP contribution in [-0.4, -0.2) is 44.2 Å². The van der Waals surface area contributed by atoms with Gasteiger partial charge in [-0.1, -0.05) is 5.16 Å². The largest absolute Gasteiger partial charge is 0.479 e. The van der Waals surface area contributed by atoms with Crippen molar-refractivity contribution in [1.29, 1.82) is 0 Å². The van der Waals surface area contributed by atoms with Crippen molar-refractivity contribution in [1.82, 2.24) is 15.5 Å². The van der Waals surface area contributed by atoms with Crippen LogP contribution >= 0.6 is 11.8 Å². The minimum Gasteiger partial charge on any atom is -0.479 e. The van der Waals surface area contributed by atoms with E-state index in [1.54, 1.807) is 18.7 Å². The van der Waals surface area contributed by atoms with Gasteiger partial charge in [-0.15, -0.1) is 0 Å². The smallest absolute Gasteiger partial charge is 0.330 e. The number of amides is 1. The van der Waals surface area contributed by atoms with Crippen molar-refractivity contribution < 1.29 is 19.2 Å². The van der Waals surface area contributed by atoms with E-state index < -0.39 is 11.5 Å². The van der Waals surface area contributed by atoms with Crippen LogP contribution in [-0.2, 0) is 16.0 Å². The maximum absolute atomic E-state index is 11.9. The van der Waals surface area contributed by atoms with Crippen LogP contribution in [0.25, 0.3) is 0 Å². The Balaban J connectivity index is 1.78. The molecule has 0 spiro atoms. The first kappa shape index (κ1) is 14.8. The lowest BCUT2D eigenvalue weighted by atomic mass is 9.99. The number of carboxylic acids is 1. The highest BCUT2D eigenvalue weighted by atomic mass is 32.2. The molecule has 1 aromatic heterocycles. The van der Waals surface area contributed by atoms with Crippen molar-refractivity contribution in [3.8, 4) is 0 Å². The molecule has 0 bridgehead atoms. The van der Waals surface area contributed by atoms with Crippen LogP contribution in [0.4, 0.5) is 0 Å². The topological polar surface area (TPSA) is 105 Å². The van der Waals surface area contributed by atoms with E-state index in [9.17, 15) is 14.7 Å². The highest BCUT2D eigenvalue weighted by molar-refractivity contribution is 7.99. The number of rotatable bonds is 6. The number of hydrogen-bond donors (Lipinski definition) is 2. The molecule has 0 aromatic carbocycles. The summed E-state index contributed by atoms with van der Waals surface area (Å²) in [4.78, 5) is 27.2. The van der Waals surface area contributed by atoms with E-state index in [0.29, 0.717) is 36.7 Å². The molecule has 1 aliphatic heterocycles. The van der Waals surface area contributed by atoms with Crippen molar-refractivity contribution in [2.45, 2.75) is 38.1 Å². The fraction of sp³-hybridized carbons (Fsp3) is 0.667. The van der Waals surface area contributed by atoms with Gasteiger partial charge in [-0.25, -0.2) is 4.79 Å². The SMILES string of the molecule is Cc1noc(CCCC(=O)NC2(C(=O)O)CCSC2)n1. The molecule has 8 heteroatoms. The Bertz CT molecular complexity index is 497. The number of carbonyl (C=O) groups is 2. The summed E-state index contributed by atoms with van der Waals surface area (Å²) in [5, 5.41) is 15.6. The summed E-state index contributed by atoms with van der Waals surface area (Å²) in [6.45, 7) is 1.73. The summed E-state index contributed by atoms with van der Waals surface area (Å²) < 4.78 is 4.95. The van der Waals surface area contributed by atoms with Gasteiger partial charge >= 0.3 is 5.97 Å².